The number of unbranched alkanes of at least 4 members (excludes halogenated alkanes) is 2. The molecular weight excluding hydrogens is 480 g/mol. The lowest BCUT2D eigenvalue weighted by atomic mass is 10.1. The Kier molecular flexibility index (Phi) is 9.21. The number of aryl methyl sites for hydroxylation is 1. The van der Waals surface area contributed by atoms with E-state index in [4.69, 9.17) is 21.7 Å². The number of thioether (sulfide) groups is 1. The summed E-state index contributed by atoms with van der Waals surface area (Å²) < 4.78 is 11.1. The van der Waals surface area contributed by atoms with Crippen LogP contribution in [-0.2, 0) is 16.0 Å². The fraction of sp³-hybridized carbons (Fsp3) is 0.409. The van der Waals surface area contributed by atoms with Crippen molar-refractivity contribution in [2.75, 3.05) is 26.1 Å². The van der Waals surface area contributed by atoms with E-state index in [1.165, 1.54) is 23.1 Å². The van der Waals surface area contributed by atoms with Crippen LogP contribution >= 0.6 is 35.3 Å². The standard InChI is InChI=1S/C22H26N4O4S3/c1-4-19-24-25-21(33-19)23-18(27)8-6-5-7-11-26-20(28)17(32-22(26)31)13-14-9-10-15(29-2)16(12-14)30-3/h9-10,12-13H,4-8,11H2,1-3H3,(H,23,25,27). The molecule has 8 nitrogen and oxygen atoms in total. The second-order valence-corrected chi connectivity index (χ2v) is 9.90. The number of nitrogens with one attached hydrogen (secondary N) is 1. The molecule has 1 fully saturated rings. The molecule has 2 aromatic rings. The van der Waals surface area contributed by atoms with Gasteiger partial charge in [0.25, 0.3) is 5.91 Å². The Balaban J connectivity index is 1.45. The highest BCUT2D eigenvalue weighted by atomic mass is 32.2. The average molecular weight is 507 g/mol. The summed E-state index contributed by atoms with van der Waals surface area (Å²) in [6, 6.07) is 5.49. The lowest BCUT2D eigenvalue weighted by molar-refractivity contribution is -0.122. The van der Waals surface area contributed by atoms with Crippen molar-refractivity contribution in [3.63, 3.8) is 0 Å². The van der Waals surface area contributed by atoms with Crippen molar-refractivity contribution < 1.29 is 19.1 Å². The molecule has 1 N–H and O–H groups in total. The molecule has 0 atom stereocenters. The minimum Gasteiger partial charge on any atom is -0.493 e. The van der Waals surface area contributed by atoms with Crippen LogP contribution in [-0.4, -0.2) is 52.0 Å². The van der Waals surface area contributed by atoms with Gasteiger partial charge in [-0.25, -0.2) is 0 Å². The number of methoxy groups -OCH3 is 2. The lowest BCUT2D eigenvalue weighted by Gasteiger charge is -2.14. The summed E-state index contributed by atoms with van der Waals surface area (Å²) in [6.07, 6.45) is 5.31. The van der Waals surface area contributed by atoms with Crippen LogP contribution in [0.4, 0.5) is 5.13 Å². The first-order chi connectivity index (χ1) is 15.9. The quantitative estimate of drug-likeness (QED) is 0.270. The number of carbonyl (C=O) groups is 2. The number of anilines is 1. The Hall–Kier alpha value is -2.50. The van der Waals surface area contributed by atoms with Gasteiger partial charge in [0.05, 0.1) is 19.1 Å². The SMILES string of the molecule is CCc1nnc(NC(=O)CCCCCN2C(=O)C(=Cc3ccc(OC)c(OC)c3)SC2=S)s1. The van der Waals surface area contributed by atoms with E-state index in [0.29, 0.717) is 38.8 Å². The van der Waals surface area contributed by atoms with E-state index < -0.39 is 0 Å². The number of thiocarbonyl (C=S) groups is 1. The molecule has 3 rings (SSSR count). The molecule has 2 amide bonds. The third-order valence-corrected chi connectivity index (χ3v) is 7.24. The van der Waals surface area contributed by atoms with Crippen molar-refractivity contribution in [1.82, 2.24) is 15.1 Å². The summed E-state index contributed by atoms with van der Waals surface area (Å²) >= 11 is 8.10. The summed E-state index contributed by atoms with van der Waals surface area (Å²) in [4.78, 5) is 27.1. The third kappa shape index (κ3) is 6.75. The first-order valence-corrected chi connectivity index (χ1v) is 12.6. The van der Waals surface area contributed by atoms with Crippen molar-refractivity contribution >= 4 is 62.7 Å². The predicted molar refractivity (Wildman–Crippen MR) is 136 cm³/mol. The zero-order valence-corrected chi connectivity index (χ0v) is 21.2. The molecule has 0 aliphatic carbocycles. The van der Waals surface area contributed by atoms with E-state index >= 15 is 0 Å². The molecule has 1 saturated heterocycles. The van der Waals surface area contributed by atoms with Gasteiger partial charge in [-0.2, -0.15) is 0 Å². The van der Waals surface area contributed by atoms with Crippen molar-refractivity contribution in [3.8, 4) is 11.5 Å². The van der Waals surface area contributed by atoms with Gasteiger partial charge in [0, 0.05) is 13.0 Å². The van der Waals surface area contributed by atoms with E-state index in [2.05, 4.69) is 15.5 Å². The smallest absolute Gasteiger partial charge is 0.266 e. The Morgan fingerprint density at radius 1 is 1.18 bits per heavy atom. The molecule has 176 valence electrons. The number of rotatable bonds is 11. The molecule has 1 aromatic heterocycles. The van der Waals surface area contributed by atoms with Crippen LogP contribution in [0.1, 0.15) is 43.2 Å². The van der Waals surface area contributed by atoms with Gasteiger partial charge in [0.1, 0.15) is 9.33 Å². The van der Waals surface area contributed by atoms with Gasteiger partial charge in [0.15, 0.2) is 11.5 Å². The Labute approximate surface area is 206 Å². The minimum atomic E-state index is -0.0967. The monoisotopic (exact) mass is 506 g/mol. The second-order valence-electron chi connectivity index (χ2n) is 7.16. The van der Waals surface area contributed by atoms with E-state index in [9.17, 15) is 9.59 Å². The minimum absolute atomic E-state index is 0.0720. The number of nitrogens with zero attached hydrogens (tertiary/aromatic N) is 3. The fourth-order valence-electron chi connectivity index (χ4n) is 3.15. The van der Waals surface area contributed by atoms with Gasteiger partial charge < -0.3 is 14.8 Å². The van der Waals surface area contributed by atoms with E-state index in [1.54, 1.807) is 25.2 Å². The molecule has 0 unspecified atom stereocenters. The summed E-state index contributed by atoms with van der Waals surface area (Å²) in [5, 5.41) is 12.2. The fourth-order valence-corrected chi connectivity index (χ4v) is 5.15. The van der Waals surface area contributed by atoms with E-state index in [-0.39, 0.29) is 11.8 Å². The van der Waals surface area contributed by atoms with Crippen LogP contribution in [0, 0.1) is 0 Å². The van der Waals surface area contributed by atoms with Crippen LogP contribution in [0.25, 0.3) is 6.08 Å². The molecule has 0 spiro atoms. The van der Waals surface area contributed by atoms with Crippen molar-refractivity contribution in [3.05, 3.63) is 33.7 Å². The Morgan fingerprint density at radius 2 is 1.97 bits per heavy atom. The van der Waals surface area contributed by atoms with E-state index in [1.807, 2.05) is 25.1 Å². The topological polar surface area (TPSA) is 93.7 Å². The Bertz CT molecular complexity index is 1050. The molecule has 0 bridgehead atoms. The summed E-state index contributed by atoms with van der Waals surface area (Å²) in [5.74, 6) is 1.06. The number of hydrogen-bond donors (Lipinski definition) is 1. The highest BCUT2D eigenvalue weighted by molar-refractivity contribution is 8.26. The van der Waals surface area contributed by atoms with Gasteiger partial charge in [-0.3, -0.25) is 14.5 Å². The molecular formula is C22H26N4O4S3. The molecule has 1 aliphatic rings. The number of hydrogen-bond acceptors (Lipinski definition) is 9. The maximum atomic E-state index is 12.8. The zero-order valence-electron chi connectivity index (χ0n) is 18.8. The first kappa shape index (κ1) is 25.1. The van der Waals surface area contributed by atoms with Crippen LogP contribution in [0.3, 0.4) is 0 Å². The summed E-state index contributed by atoms with van der Waals surface area (Å²) in [5.41, 5.74) is 0.834. The van der Waals surface area contributed by atoms with Crippen LogP contribution in [0.15, 0.2) is 23.1 Å². The van der Waals surface area contributed by atoms with Crippen LogP contribution in [0.2, 0.25) is 0 Å². The van der Waals surface area contributed by atoms with Gasteiger partial charge in [-0.15, -0.1) is 10.2 Å². The van der Waals surface area contributed by atoms with Crippen molar-refractivity contribution in [1.29, 1.82) is 0 Å². The summed E-state index contributed by atoms with van der Waals surface area (Å²) in [7, 11) is 3.15. The van der Waals surface area contributed by atoms with Crippen LogP contribution < -0.4 is 14.8 Å². The van der Waals surface area contributed by atoms with Gasteiger partial charge >= 0.3 is 0 Å². The highest BCUT2D eigenvalue weighted by Crippen LogP contribution is 2.34. The second kappa shape index (κ2) is 12.1. The van der Waals surface area contributed by atoms with Crippen LogP contribution in [0.5, 0.6) is 11.5 Å². The van der Waals surface area contributed by atoms with Gasteiger partial charge in [0.2, 0.25) is 11.0 Å². The molecule has 33 heavy (non-hydrogen) atoms. The van der Waals surface area contributed by atoms with Gasteiger partial charge in [-0.05, 0) is 43.0 Å². The molecule has 2 heterocycles. The summed E-state index contributed by atoms with van der Waals surface area (Å²) in [6.45, 7) is 2.53. The number of ether oxygens (including phenoxy) is 2. The normalized spacial score (nSPS) is 14.8. The Morgan fingerprint density at radius 3 is 2.67 bits per heavy atom. The van der Waals surface area contributed by atoms with E-state index in [0.717, 1.165) is 36.3 Å². The van der Waals surface area contributed by atoms with Crippen molar-refractivity contribution in [2.45, 2.75) is 39.0 Å². The first-order valence-electron chi connectivity index (χ1n) is 10.5. The predicted octanol–water partition coefficient (Wildman–Crippen LogP) is 4.52. The third-order valence-electron chi connectivity index (χ3n) is 4.88. The largest absolute Gasteiger partial charge is 0.493 e. The zero-order chi connectivity index (χ0) is 23.8. The maximum Gasteiger partial charge on any atom is 0.266 e. The number of benzene rings is 1. The maximum absolute atomic E-state index is 12.8. The van der Waals surface area contributed by atoms with Gasteiger partial charge in [-0.1, -0.05) is 54.7 Å². The number of aromatic nitrogens is 2. The number of amides is 2. The lowest BCUT2D eigenvalue weighted by Crippen LogP contribution is -2.29. The molecule has 11 heteroatoms. The highest BCUT2D eigenvalue weighted by Gasteiger charge is 2.31. The molecule has 0 saturated carbocycles. The molecule has 1 aromatic carbocycles. The average Bonchev–Trinajstić information content (AvgIpc) is 3.37. The molecule has 1 aliphatic heterocycles. The molecule has 0 radical (unpaired) electrons. The van der Waals surface area contributed by atoms with Crippen molar-refractivity contribution in [2.24, 2.45) is 0 Å². The number of carbonyl (C=O) groups excluding carboxylic acids is 2.